The van der Waals surface area contributed by atoms with Gasteiger partial charge in [0.1, 0.15) is 5.52 Å². The van der Waals surface area contributed by atoms with Crippen molar-refractivity contribution >= 4 is 28.6 Å². The van der Waals surface area contributed by atoms with Gasteiger partial charge in [-0.05, 0) is 43.2 Å². The number of aryl methyl sites for hydroxylation is 3. The number of oxazole rings is 1. The Morgan fingerprint density at radius 2 is 2.04 bits per heavy atom. The first-order valence-electron chi connectivity index (χ1n) is 9.42. The summed E-state index contributed by atoms with van der Waals surface area (Å²) in [5.41, 5.74) is 5.56. The van der Waals surface area contributed by atoms with Crippen LogP contribution in [0.5, 0.6) is 0 Å². The molecule has 1 aliphatic rings. The highest BCUT2D eigenvalue weighted by Crippen LogP contribution is 2.28. The number of carbonyl (C=O) groups excluding carboxylic acids is 2. The minimum absolute atomic E-state index is 0.0496. The molecule has 0 spiro atoms. The smallest absolute Gasteiger partial charge is 0.227 e. The summed E-state index contributed by atoms with van der Waals surface area (Å²) in [7, 11) is 0. The Labute approximate surface area is 163 Å². The first kappa shape index (κ1) is 18.2. The second kappa shape index (κ2) is 7.11. The SMILES string of the molecule is Cc1ccc(C)c(CNC(=O)C2CC(=O)N(c3ccc4oc(C)nc4c3)C2)c1. The van der Waals surface area contributed by atoms with E-state index in [0.29, 0.717) is 30.1 Å². The van der Waals surface area contributed by atoms with Gasteiger partial charge in [0, 0.05) is 32.1 Å². The molecule has 2 aromatic carbocycles. The van der Waals surface area contributed by atoms with E-state index in [0.717, 1.165) is 22.4 Å². The van der Waals surface area contributed by atoms with Gasteiger partial charge in [-0.3, -0.25) is 9.59 Å². The van der Waals surface area contributed by atoms with E-state index in [1.807, 2.05) is 32.0 Å². The topological polar surface area (TPSA) is 75.4 Å². The molecule has 6 nitrogen and oxygen atoms in total. The third-order valence-electron chi connectivity index (χ3n) is 5.24. The lowest BCUT2D eigenvalue weighted by molar-refractivity contribution is -0.126. The van der Waals surface area contributed by atoms with Gasteiger partial charge in [-0.15, -0.1) is 0 Å². The standard InChI is InChI=1S/C22H23N3O3/c1-13-4-5-14(2)16(8-13)11-23-22(27)17-9-21(26)25(12-17)18-6-7-20-19(10-18)24-15(3)28-20/h4-8,10,17H,9,11-12H2,1-3H3,(H,23,27). The van der Waals surface area contributed by atoms with E-state index < -0.39 is 0 Å². The van der Waals surface area contributed by atoms with Crippen LogP contribution in [0.2, 0.25) is 0 Å². The number of fused-ring (bicyclic) bond motifs is 1. The summed E-state index contributed by atoms with van der Waals surface area (Å²) in [6.07, 6.45) is 0.217. The molecule has 1 atom stereocenters. The lowest BCUT2D eigenvalue weighted by atomic mass is 10.0. The molecule has 1 N–H and O–H groups in total. The van der Waals surface area contributed by atoms with Gasteiger partial charge in [0.2, 0.25) is 11.8 Å². The fourth-order valence-corrected chi connectivity index (χ4v) is 3.65. The zero-order chi connectivity index (χ0) is 19.8. The van der Waals surface area contributed by atoms with Crippen molar-refractivity contribution in [2.24, 2.45) is 5.92 Å². The Balaban J connectivity index is 1.44. The summed E-state index contributed by atoms with van der Waals surface area (Å²) in [4.78, 5) is 31.1. The Bertz CT molecular complexity index is 1070. The van der Waals surface area contributed by atoms with Gasteiger partial charge in [-0.25, -0.2) is 4.98 Å². The highest BCUT2D eigenvalue weighted by molar-refractivity contribution is 6.01. The van der Waals surface area contributed by atoms with Gasteiger partial charge in [-0.1, -0.05) is 23.8 Å². The van der Waals surface area contributed by atoms with Crippen molar-refractivity contribution in [2.45, 2.75) is 33.7 Å². The molecule has 2 heterocycles. The maximum Gasteiger partial charge on any atom is 0.227 e. The van der Waals surface area contributed by atoms with E-state index in [1.165, 1.54) is 0 Å². The zero-order valence-corrected chi connectivity index (χ0v) is 16.3. The van der Waals surface area contributed by atoms with Crippen molar-refractivity contribution in [3.63, 3.8) is 0 Å². The van der Waals surface area contributed by atoms with E-state index in [4.69, 9.17) is 4.42 Å². The Kier molecular flexibility index (Phi) is 4.63. The van der Waals surface area contributed by atoms with Crippen molar-refractivity contribution in [1.29, 1.82) is 0 Å². The number of rotatable bonds is 4. The summed E-state index contributed by atoms with van der Waals surface area (Å²) >= 11 is 0. The molecule has 1 aromatic heterocycles. The number of hydrogen-bond acceptors (Lipinski definition) is 4. The third kappa shape index (κ3) is 3.50. The van der Waals surface area contributed by atoms with Crippen molar-refractivity contribution in [3.05, 3.63) is 59.0 Å². The molecule has 28 heavy (non-hydrogen) atoms. The van der Waals surface area contributed by atoms with Crippen LogP contribution in [0.15, 0.2) is 40.8 Å². The van der Waals surface area contributed by atoms with Gasteiger partial charge in [0.05, 0.1) is 5.92 Å². The number of benzene rings is 2. The Morgan fingerprint density at radius 3 is 2.86 bits per heavy atom. The summed E-state index contributed by atoms with van der Waals surface area (Å²) in [5, 5.41) is 2.99. The normalized spacial score (nSPS) is 16.8. The lowest BCUT2D eigenvalue weighted by Crippen LogP contribution is -2.32. The molecular formula is C22H23N3O3. The van der Waals surface area contributed by atoms with Crippen LogP contribution in [0.3, 0.4) is 0 Å². The molecule has 144 valence electrons. The third-order valence-corrected chi connectivity index (χ3v) is 5.24. The predicted molar refractivity (Wildman–Crippen MR) is 107 cm³/mol. The molecule has 1 unspecified atom stereocenters. The summed E-state index contributed by atoms with van der Waals surface area (Å²) in [5.74, 6) is 0.0949. The fourth-order valence-electron chi connectivity index (χ4n) is 3.65. The zero-order valence-electron chi connectivity index (χ0n) is 16.3. The first-order valence-corrected chi connectivity index (χ1v) is 9.42. The average Bonchev–Trinajstić information content (AvgIpc) is 3.23. The molecule has 4 rings (SSSR count). The molecule has 0 saturated carbocycles. The van der Waals surface area contributed by atoms with Gasteiger partial charge < -0.3 is 14.6 Å². The molecule has 3 aromatic rings. The van der Waals surface area contributed by atoms with Gasteiger partial charge in [0.25, 0.3) is 0 Å². The van der Waals surface area contributed by atoms with Crippen molar-refractivity contribution in [1.82, 2.24) is 10.3 Å². The van der Waals surface area contributed by atoms with Crippen molar-refractivity contribution < 1.29 is 14.0 Å². The number of nitrogens with zero attached hydrogens (tertiary/aromatic N) is 2. The minimum Gasteiger partial charge on any atom is -0.441 e. The second-order valence-electron chi connectivity index (χ2n) is 7.44. The molecule has 6 heteroatoms. The van der Waals surface area contributed by atoms with E-state index in [2.05, 4.69) is 28.5 Å². The van der Waals surface area contributed by atoms with Gasteiger partial charge >= 0.3 is 0 Å². The summed E-state index contributed by atoms with van der Waals surface area (Å²) < 4.78 is 5.49. The predicted octanol–water partition coefficient (Wildman–Crippen LogP) is 3.42. The number of hydrogen-bond donors (Lipinski definition) is 1. The van der Waals surface area contributed by atoms with Crippen molar-refractivity contribution in [3.8, 4) is 0 Å². The highest BCUT2D eigenvalue weighted by atomic mass is 16.3. The van der Waals surface area contributed by atoms with Gasteiger partial charge in [-0.2, -0.15) is 0 Å². The van der Waals surface area contributed by atoms with Crippen LogP contribution < -0.4 is 10.2 Å². The quantitative estimate of drug-likeness (QED) is 0.756. The maximum absolute atomic E-state index is 12.6. The van der Waals surface area contributed by atoms with Crippen LogP contribution in [0.4, 0.5) is 5.69 Å². The van der Waals surface area contributed by atoms with E-state index in [1.54, 1.807) is 11.8 Å². The summed E-state index contributed by atoms with van der Waals surface area (Å²) in [6.45, 7) is 6.70. The molecule has 2 amide bonds. The van der Waals surface area contributed by atoms with E-state index >= 15 is 0 Å². The molecule has 1 aliphatic heterocycles. The number of amides is 2. The Hall–Kier alpha value is -3.15. The number of anilines is 1. The van der Waals surface area contributed by atoms with Crippen LogP contribution in [0.1, 0.15) is 29.0 Å². The number of aromatic nitrogens is 1. The monoisotopic (exact) mass is 377 g/mol. The van der Waals surface area contributed by atoms with Gasteiger partial charge in [0.15, 0.2) is 11.5 Å². The van der Waals surface area contributed by atoms with E-state index in [-0.39, 0.29) is 24.2 Å². The van der Waals surface area contributed by atoms with Crippen molar-refractivity contribution in [2.75, 3.05) is 11.4 Å². The maximum atomic E-state index is 12.6. The van der Waals surface area contributed by atoms with Crippen LogP contribution in [0.25, 0.3) is 11.1 Å². The Morgan fingerprint density at radius 1 is 1.21 bits per heavy atom. The molecule has 0 aliphatic carbocycles. The fraction of sp³-hybridized carbons (Fsp3) is 0.318. The van der Waals surface area contributed by atoms with Crippen LogP contribution >= 0.6 is 0 Å². The van der Waals surface area contributed by atoms with E-state index in [9.17, 15) is 9.59 Å². The number of carbonyl (C=O) groups is 2. The summed E-state index contributed by atoms with van der Waals surface area (Å²) in [6, 6.07) is 11.7. The first-order chi connectivity index (χ1) is 13.4. The lowest BCUT2D eigenvalue weighted by Gasteiger charge is -2.17. The second-order valence-corrected chi connectivity index (χ2v) is 7.44. The number of nitrogens with one attached hydrogen (secondary N) is 1. The molecule has 1 fully saturated rings. The molecular weight excluding hydrogens is 354 g/mol. The molecule has 1 saturated heterocycles. The van der Waals surface area contributed by atoms with Crippen LogP contribution in [-0.4, -0.2) is 23.3 Å². The van der Waals surface area contributed by atoms with Crippen LogP contribution in [-0.2, 0) is 16.1 Å². The largest absolute Gasteiger partial charge is 0.441 e. The average molecular weight is 377 g/mol. The highest BCUT2D eigenvalue weighted by Gasteiger charge is 2.35. The van der Waals surface area contributed by atoms with Crippen LogP contribution in [0, 0.1) is 26.7 Å². The molecule has 0 radical (unpaired) electrons. The molecule has 0 bridgehead atoms. The minimum atomic E-state index is -0.354.